The Hall–Kier alpha value is -3.07. The predicted octanol–water partition coefficient (Wildman–Crippen LogP) is 3.92. The van der Waals surface area contributed by atoms with Crippen LogP contribution in [0.3, 0.4) is 0 Å². The van der Waals surface area contributed by atoms with Crippen LogP contribution in [0, 0.1) is 23.0 Å². The normalized spacial score (nSPS) is 12.0. The fraction of sp³-hybridized carbons (Fsp3) is 0.167. The zero-order valence-electron chi connectivity index (χ0n) is 12.5. The molecule has 2 aromatic carbocycles. The number of rotatable bonds is 5. The molecule has 1 aromatic heterocycles. The van der Waals surface area contributed by atoms with Gasteiger partial charge in [-0.1, -0.05) is 24.3 Å². The Balaban J connectivity index is 1.77. The van der Waals surface area contributed by atoms with Gasteiger partial charge in [0.1, 0.15) is 5.52 Å². The van der Waals surface area contributed by atoms with E-state index in [9.17, 15) is 18.8 Å². The number of oxazole rings is 1. The highest BCUT2D eigenvalue weighted by atomic mass is 19.2. The number of aromatic nitrogens is 1. The highest BCUT2D eigenvalue weighted by Gasteiger charge is 2.25. The molecule has 0 spiro atoms. The Morgan fingerprint density at radius 2 is 2.00 bits per heavy atom. The van der Waals surface area contributed by atoms with Crippen molar-refractivity contribution in [1.29, 1.82) is 5.26 Å². The van der Waals surface area contributed by atoms with Crippen LogP contribution in [-0.2, 0) is 11.2 Å². The van der Waals surface area contributed by atoms with Crippen LogP contribution in [0.2, 0.25) is 0 Å². The maximum atomic E-state index is 13.6. The van der Waals surface area contributed by atoms with Gasteiger partial charge in [0.05, 0.1) is 6.07 Å². The Kier molecular flexibility index (Phi) is 4.34. The van der Waals surface area contributed by atoms with E-state index in [1.807, 2.05) is 6.07 Å². The summed E-state index contributed by atoms with van der Waals surface area (Å²) in [5.41, 5.74) is 1.13. The average Bonchev–Trinajstić information content (AvgIpc) is 3.00. The standard InChI is InChI=1S/C18H12F2N2O2/c19-13-5-3-4-11(17(13)20)8-9-15(23)12(10-21)18-22-14-6-1-2-7-16(14)24-18/h1-7,12H,8-9H2/t12-/m0/s1. The van der Waals surface area contributed by atoms with Crippen molar-refractivity contribution in [3.05, 3.63) is 65.6 Å². The van der Waals surface area contributed by atoms with Crippen LogP contribution in [0.5, 0.6) is 0 Å². The summed E-state index contributed by atoms with van der Waals surface area (Å²) in [6.07, 6.45) is -0.113. The third-order valence-electron chi connectivity index (χ3n) is 3.68. The first-order valence-electron chi connectivity index (χ1n) is 7.31. The van der Waals surface area contributed by atoms with Crippen LogP contribution in [0.4, 0.5) is 8.78 Å². The summed E-state index contributed by atoms with van der Waals surface area (Å²) in [6, 6.07) is 12.6. The van der Waals surface area contributed by atoms with Crippen LogP contribution in [0.15, 0.2) is 46.9 Å². The molecule has 1 heterocycles. The number of Topliss-reactive ketones (excluding diaryl/α,β-unsaturated/α-hetero) is 1. The molecule has 4 nitrogen and oxygen atoms in total. The maximum Gasteiger partial charge on any atom is 0.220 e. The largest absolute Gasteiger partial charge is 0.439 e. The van der Waals surface area contributed by atoms with E-state index in [2.05, 4.69) is 4.98 Å². The number of hydrogen-bond acceptors (Lipinski definition) is 4. The Morgan fingerprint density at radius 3 is 2.75 bits per heavy atom. The molecule has 0 saturated carbocycles. The zero-order chi connectivity index (χ0) is 17.1. The van der Waals surface area contributed by atoms with E-state index < -0.39 is 23.3 Å². The number of halogens is 2. The first-order valence-corrected chi connectivity index (χ1v) is 7.31. The maximum absolute atomic E-state index is 13.6. The molecule has 0 aliphatic rings. The number of ketones is 1. The molecule has 0 unspecified atom stereocenters. The summed E-state index contributed by atoms with van der Waals surface area (Å²) in [7, 11) is 0. The van der Waals surface area contributed by atoms with Crippen molar-refractivity contribution >= 4 is 16.9 Å². The summed E-state index contributed by atoms with van der Waals surface area (Å²) in [5.74, 6) is -3.54. The fourth-order valence-electron chi connectivity index (χ4n) is 2.42. The van der Waals surface area contributed by atoms with Crippen molar-refractivity contribution < 1.29 is 18.0 Å². The summed E-state index contributed by atoms with van der Waals surface area (Å²) in [6.45, 7) is 0. The lowest BCUT2D eigenvalue weighted by Gasteiger charge is -2.06. The molecule has 0 aliphatic carbocycles. The number of carbonyl (C=O) groups is 1. The van der Waals surface area contributed by atoms with E-state index >= 15 is 0 Å². The minimum Gasteiger partial charge on any atom is -0.439 e. The van der Waals surface area contributed by atoms with Gasteiger partial charge in [0.15, 0.2) is 28.9 Å². The first-order chi connectivity index (χ1) is 11.6. The number of benzene rings is 2. The lowest BCUT2D eigenvalue weighted by Crippen LogP contribution is -2.12. The lowest BCUT2D eigenvalue weighted by atomic mass is 9.98. The van der Waals surface area contributed by atoms with Gasteiger partial charge in [0.2, 0.25) is 5.89 Å². The molecule has 120 valence electrons. The Morgan fingerprint density at radius 1 is 1.21 bits per heavy atom. The van der Waals surface area contributed by atoms with E-state index in [0.717, 1.165) is 6.07 Å². The molecule has 24 heavy (non-hydrogen) atoms. The topological polar surface area (TPSA) is 66.9 Å². The minimum atomic E-state index is -1.17. The minimum absolute atomic E-state index is 0.000828. The molecule has 3 aromatic rings. The molecule has 0 amide bonds. The number of carbonyl (C=O) groups excluding carboxylic acids is 1. The molecule has 1 atom stereocenters. The van der Waals surface area contributed by atoms with Gasteiger partial charge in [-0.2, -0.15) is 5.26 Å². The second kappa shape index (κ2) is 6.59. The molecule has 0 radical (unpaired) electrons. The van der Waals surface area contributed by atoms with Gasteiger partial charge in [-0.15, -0.1) is 0 Å². The van der Waals surface area contributed by atoms with Crippen LogP contribution in [-0.4, -0.2) is 10.8 Å². The number of aryl methyl sites for hydroxylation is 1. The zero-order valence-corrected chi connectivity index (χ0v) is 12.5. The summed E-state index contributed by atoms with van der Waals surface area (Å²) >= 11 is 0. The lowest BCUT2D eigenvalue weighted by molar-refractivity contribution is -0.119. The molecule has 6 heteroatoms. The molecule has 0 bridgehead atoms. The smallest absolute Gasteiger partial charge is 0.220 e. The van der Waals surface area contributed by atoms with E-state index in [1.165, 1.54) is 12.1 Å². The second-order valence-corrected chi connectivity index (χ2v) is 5.26. The van der Waals surface area contributed by atoms with E-state index in [4.69, 9.17) is 4.42 Å². The van der Waals surface area contributed by atoms with Gasteiger partial charge >= 0.3 is 0 Å². The van der Waals surface area contributed by atoms with E-state index in [-0.39, 0.29) is 24.3 Å². The predicted molar refractivity (Wildman–Crippen MR) is 82.0 cm³/mol. The van der Waals surface area contributed by atoms with Crippen molar-refractivity contribution in [3.8, 4) is 6.07 Å². The number of hydrogen-bond donors (Lipinski definition) is 0. The van der Waals surface area contributed by atoms with Crippen LogP contribution >= 0.6 is 0 Å². The van der Waals surface area contributed by atoms with Gasteiger partial charge in [-0.05, 0) is 30.2 Å². The van der Waals surface area contributed by atoms with Gasteiger partial charge < -0.3 is 4.42 Å². The van der Waals surface area contributed by atoms with Gasteiger partial charge in [0.25, 0.3) is 0 Å². The Bertz CT molecular complexity index is 911. The SMILES string of the molecule is N#C[C@@H](C(=O)CCc1cccc(F)c1F)c1nc2ccccc2o1. The molecule has 0 saturated heterocycles. The monoisotopic (exact) mass is 326 g/mol. The van der Waals surface area contributed by atoms with Gasteiger partial charge in [-0.25, -0.2) is 13.8 Å². The molecule has 0 fully saturated rings. The van der Waals surface area contributed by atoms with Crippen molar-refractivity contribution in [3.63, 3.8) is 0 Å². The third kappa shape index (κ3) is 3.01. The van der Waals surface area contributed by atoms with Crippen LogP contribution < -0.4 is 0 Å². The summed E-state index contributed by atoms with van der Waals surface area (Å²) < 4.78 is 32.2. The third-order valence-corrected chi connectivity index (χ3v) is 3.68. The van der Waals surface area contributed by atoms with Crippen molar-refractivity contribution in [2.45, 2.75) is 18.8 Å². The average molecular weight is 326 g/mol. The molecular weight excluding hydrogens is 314 g/mol. The van der Waals surface area contributed by atoms with Crippen LogP contribution in [0.1, 0.15) is 23.8 Å². The van der Waals surface area contributed by atoms with Crippen LogP contribution in [0.25, 0.3) is 11.1 Å². The number of para-hydroxylation sites is 2. The highest BCUT2D eigenvalue weighted by molar-refractivity contribution is 5.88. The molecular formula is C18H12F2N2O2. The Labute approximate surface area is 136 Å². The van der Waals surface area contributed by atoms with Crippen molar-refractivity contribution in [2.24, 2.45) is 0 Å². The molecule has 3 rings (SSSR count). The molecule has 0 aliphatic heterocycles. The number of fused-ring (bicyclic) bond motifs is 1. The fourth-order valence-corrected chi connectivity index (χ4v) is 2.42. The highest BCUT2D eigenvalue weighted by Crippen LogP contribution is 2.23. The van der Waals surface area contributed by atoms with E-state index in [0.29, 0.717) is 11.1 Å². The van der Waals surface area contributed by atoms with Gasteiger partial charge in [-0.3, -0.25) is 4.79 Å². The number of nitrogens with zero attached hydrogens (tertiary/aromatic N) is 2. The van der Waals surface area contributed by atoms with E-state index in [1.54, 1.807) is 24.3 Å². The van der Waals surface area contributed by atoms with Gasteiger partial charge in [0, 0.05) is 6.42 Å². The summed E-state index contributed by atoms with van der Waals surface area (Å²) in [4.78, 5) is 16.4. The van der Waals surface area contributed by atoms with Crippen molar-refractivity contribution in [2.75, 3.05) is 0 Å². The number of nitriles is 1. The summed E-state index contributed by atoms with van der Waals surface area (Å²) in [5, 5.41) is 9.27. The second-order valence-electron chi connectivity index (χ2n) is 5.26. The quantitative estimate of drug-likeness (QED) is 0.713. The molecule has 0 N–H and O–H groups in total. The van der Waals surface area contributed by atoms with Crippen molar-refractivity contribution in [1.82, 2.24) is 4.98 Å². The first kappa shape index (κ1) is 15.8.